The molecule has 1 aliphatic heterocycles. The molecule has 1 amide bonds. The Kier molecular flexibility index (Phi) is 5.60. The molecule has 146 valence electrons. The molecule has 26 heavy (non-hydrogen) atoms. The number of rotatable bonds is 6. The predicted molar refractivity (Wildman–Crippen MR) is 91.8 cm³/mol. The molecule has 1 aromatic rings. The number of carbonyl (C=O) groups is 1. The molecule has 2 atom stereocenters. The number of nitrogens with zero attached hydrogens (tertiary/aromatic N) is 2. The van der Waals surface area contributed by atoms with E-state index in [1.54, 1.807) is 29.4 Å². The van der Waals surface area contributed by atoms with Gasteiger partial charge < -0.3 is 15.4 Å². The molecule has 1 saturated heterocycles. The zero-order chi connectivity index (χ0) is 18.9. The van der Waals surface area contributed by atoms with E-state index in [0.717, 1.165) is 17.8 Å². The molecule has 3 rings (SSSR count). The fourth-order valence-corrected chi connectivity index (χ4v) is 4.06. The molecule has 1 aliphatic carbocycles. The predicted octanol–water partition coefficient (Wildman–Crippen LogP) is 2.92. The Balaban J connectivity index is 1.47. The first-order chi connectivity index (χ1) is 12.2. The van der Waals surface area contributed by atoms with E-state index in [2.05, 4.69) is 4.98 Å². The summed E-state index contributed by atoms with van der Waals surface area (Å²) in [5.41, 5.74) is 4.23. The summed E-state index contributed by atoms with van der Waals surface area (Å²) in [4.78, 5) is 18.6. The van der Waals surface area contributed by atoms with Crippen molar-refractivity contribution < 1.29 is 22.7 Å². The molecule has 1 saturated carbocycles. The Morgan fingerprint density at radius 1 is 1.46 bits per heavy atom. The van der Waals surface area contributed by atoms with Gasteiger partial charge in [-0.3, -0.25) is 4.79 Å². The number of alkyl halides is 3. The van der Waals surface area contributed by atoms with Crippen molar-refractivity contribution in [3.8, 4) is 0 Å². The Morgan fingerprint density at radius 3 is 2.62 bits per heavy atom. The first-order valence-corrected chi connectivity index (χ1v) is 9.73. The van der Waals surface area contributed by atoms with E-state index < -0.39 is 30.3 Å². The average molecular weight is 391 g/mol. The molecular formula is C17H24F3N3O2S. The Morgan fingerprint density at radius 2 is 2.12 bits per heavy atom. The zero-order valence-corrected chi connectivity index (χ0v) is 15.5. The van der Waals surface area contributed by atoms with E-state index in [9.17, 15) is 18.0 Å². The van der Waals surface area contributed by atoms with E-state index in [0.29, 0.717) is 19.0 Å². The molecule has 0 bridgehead atoms. The van der Waals surface area contributed by atoms with Crippen molar-refractivity contribution >= 4 is 17.2 Å². The Labute approximate surface area is 154 Å². The third-order valence-corrected chi connectivity index (χ3v) is 6.41. The summed E-state index contributed by atoms with van der Waals surface area (Å²) < 4.78 is 44.2. The lowest BCUT2D eigenvalue weighted by atomic mass is 9.96. The molecule has 2 heterocycles. The minimum Gasteiger partial charge on any atom is -0.375 e. The van der Waals surface area contributed by atoms with Gasteiger partial charge in [-0.25, -0.2) is 4.98 Å². The van der Waals surface area contributed by atoms with Crippen molar-refractivity contribution in [1.82, 2.24) is 9.88 Å². The van der Waals surface area contributed by atoms with Gasteiger partial charge in [0.2, 0.25) is 5.91 Å². The second kappa shape index (κ2) is 7.44. The number of piperidine rings is 1. The van der Waals surface area contributed by atoms with Crippen LogP contribution in [0.3, 0.4) is 0 Å². The third kappa shape index (κ3) is 4.04. The summed E-state index contributed by atoms with van der Waals surface area (Å²) in [7, 11) is 0. The lowest BCUT2D eigenvalue weighted by Crippen LogP contribution is -2.52. The van der Waals surface area contributed by atoms with Crippen molar-refractivity contribution in [1.29, 1.82) is 0 Å². The highest BCUT2D eigenvalue weighted by Crippen LogP contribution is 2.57. The third-order valence-electron chi connectivity index (χ3n) is 5.48. The fourth-order valence-electron chi connectivity index (χ4n) is 3.25. The lowest BCUT2D eigenvalue weighted by Gasteiger charge is -2.34. The second-order valence-corrected chi connectivity index (χ2v) is 8.22. The molecule has 0 radical (unpaired) electrons. The van der Waals surface area contributed by atoms with E-state index in [1.807, 2.05) is 5.38 Å². The second-order valence-electron chi connectivity index (χ2n) is 7.29. The number of amides is 1. The molecule has 2 fully saturated rings. The van der Waals surface area contributed by atoms with Crippen LogP contribution >= 0.6 is 11.3 Å². The van der Waals surface area contributed by atoms with Crippen LogP contribution in [-0.4, -0.2) is 53.8 Å². The molecule has 2 aliphatic rings. The topological polar surface area (TPSA) is 68.5 Å². The summed E-state index contributed by atoms with van der Waals surface area (Å²) >= 11 is 1.62. The molecular weight excluding hydrogens is 367 g/mol. The summed E-state index contributed by atoms with van der Waals surface area (Å²) in [6.45, 7) is 2.30. The molecule has 2 N–H and O–H groups in total. The van der Waals surface area contributed by atoms with Crippen molar-refractivity contribution in [2.45, 2.75) is 56.8 Å². The smallest absolute Gasteiger partial charge is 0.375 e. The van der Waals surface area contributed by atoms with Gasteiger partial charge in [0.1, 0.15) is 6.04 Å². The Bertz CT molecular complexity index is 611. The summed E-state index contributed by atoms with van der Waals surface area (Å²) in [6.07, 6.45) is -1.44. The largest absolute Gasteiger partial charge is 0.396 e. The van der Waals surface area contributed by atoms with Gasteiger partial charge in [-0.15, -0.1) is 11.3 Å². The van der Waals surface area contributed by atoms with Gasteiger partial charge in [0.25, 0.3) is 0 Å². The molecule has 0 aromatic carbocycles. The molecule has 9 heteroatoms. The van der Waals surface area contributed by atoms with Crippen molar-refractivity contribution in [3.63, 3.8) is 0 Å². The summed E-state index contributed by atoms with van der Waals surface area (Å²) in [5.74, 6) is 0.0948. The number of halogens is 3. The SMILES string of the molecule is C[C@@H](OCC1(C(F)(F)F)CC1)[C@H](N)C(=O)N1CCC(c2nccs2)CC1. The van der Waals surface area contributed by atoms with Gasteiger partial charge in [0, 0.05) is 30.6 Å². The normalized spacial score (nSPS) is 22.9. The first kappa shape index (κ1) is 19.6. The summed E-state index contributed by atoms with van der Waals surface area (Å²) in [6, 6.07) is -0.949. The van der Waals surface area contributed by atoms with Gasteiger partial charge in [-0.1, -0.05) is 0 Å². The van der Waals surface area contributed by atoms with Crippen LogP contribution in [0.15, 0.2) is 11.6 Å². The number of thiazole rings is 1. The highest BCUT2D eigenvalue weighted by atomic mass is 32.1. The van der Waals surface area contributed by atoms with Crippen LogP contribution in [0.5, 0.6) is 0 Å². The zero-order valence-electron chi connectivity index (χ0n) is 14.7. The van der Waals surface area contributed by atoms with Gasteiger partial charge in [-0.2, -0.15) is 13.2 Å². The molecule has 0 unspecified atom stereocenters. The van der Waals surface area contributed by atoms with Crippen molar-refractivity contribution in [2.75, 3.05) is 19.7 Å². The number of ether oxygens (including phenoxy) is 1. The van der Waals surface area contributed by atoms with Gasteiger partial charge in [0.05, 0.1) is 23.1 Å². The van der Waals surface area contributed by atoms with E-state index in [1.165, 1.54) is 0 Å². The van der Waals surface area contributed by atoms with E-state index in [-0.39, 0.29) is 18.7 Å². The van der Waals surface area contributed by atoms with Crippen LogP contribution in [-0.2, 0) is 9.53 Å². The average Bonchev–Trinajstić information content (AvgIpc) is 3.24. The van der Waals surface area contributed by atoms with Gasteiger partial charge in [-0.05, 0) is 32.6 Å². The number of hydrogen-bond acceptors (Lipinski definition) is 5. The highest BCUT2D eigenvalue weighted by Gasteiger charge is 2.63. The number of hydrogen-bond donors (Lipinski definition) is 1. The quantitative estimate of drug-likeness (QED) is 0.810. The highest BCUT2D eigenvalue weighted by molar-refractivity contribution is 7.09. The van der Waals surface area contributed by atoms with Crippen LogP contribution in [0.2, 0.25) is 0 Å². The van der Waals surface area contributed by atoms with Crippen molar-refractivity contribution in [2.24, 2.45) is 11.1 Å². The van der Waals surface area contributed by atoms with E-state index >= 15 is 0 Å². The first-order valence-electron chi connectivity index (χ1n) is 8.85. The van der Waals surface area contributed by atoms with Crippen molar-refractivity contribution in [3.05, 3.63) is 16.6 Å². The minimum atomic E-state index is -4.27. The standard InChI is InChI=1S/C17H24F3N3O2S/c1-11(25-10-16(4-5-16)17(18,19)20)13(21)15(24)23-7-2-12(3-8-23)14-22-6-9-26-14/h6,9,11-13H,2-5,7-8,10,21H2,1H3/t11-,13+/m1/s1. The maximum absolute atomic E-state index is 13.0. The maximum Gasteiger partial charge on any atom is 0.396 e. The monoisotopic (exact) mass is 391 g/mol. The van der Waals surface area contributed by atoms with Crippen LogP contribution in [0, 0.1) is 5.41 Å². The molecule has 0 spiro atoms. The van der Waals surface area contributed by atoms with Crippen LogP contribution < -0.4 is 5.73 Å². The van der Waals surface area contributed by atoms with Crippen LogP contribution in [0.25, 0.3) is 0 Å². The number of likely N-dealkylation sites (tertiary alicyclic amines) is 1. The minimum absolute atomic E-state index is 0.0800. The molecule has 5 nitrogen and oxygen atoms in total. The van der Waals surface area contributed by atoms with E-state index in [4.69, 9.17) is 10.5 Å². The fraction of sp³-hybridized carbons (Fsp3) is 0.765. The Hall–Kier alpha value is -1.19. The van der Waals surface area contributed by atoms with Crippen LogP contribution in [0.4, 0.5) is 13.2 Å². The van der Waals surface area contributed by atoms with Gasteiger partial charge in [0.15, 0.2) is 0 Å². The maximum atomic E-state index is 13.0. The number of aromatic nitrogens is 1. The number of nitrogens with two attached hydrogens (primary N) is 1. The summed E-state index contributed by atoms with van der Waals surface area (Å²) in [5, 5.41) is 3.02. The lowest BCUT2D eigenvalue weighted by molar-refractivity contribution is -0.205. The number of carbonyl (C=O) groups excluding carboxylic acids is 1. The van der Waals surface area contributed by atoms with Gasteiger partial charge >= 0.3 is 6.18 Å². The molecule has 1 aromatic heterocycles. The van der Waals surface area contributed by atoms with Crippen LogP contribution in [0.1, 0.15) is 43.5 Å².